The molecule has 0 fully saturated rings. The minimum Gasteiger partial charge on any atom is -0.309 e. The largest absolute Gasteiger partial charge is 0.309 e. The molecular weight excluding hydrogens is 631 g/mol. The minimum atomic E-state index is 0.980. The van der Waals surface area contributed by atoms with Crippen molar-refractivity contribution < 1.29 is 0 Å². The Bertz CT molecular complexity index is 3290. The molecule has 3 heterocycles. The molecule has 11 aromatic rings. The number of hydrogen-bond donors (Lipinski definition) is 0. The summed E-state index contributed by atoms with van der Waals surface area (Å²) in [7, 11) is 0. The first-order valence-electron chi connectivity index (χ1n) is 17.9. The first kappa shape index (κ1) is 27.8. The number of pyridine rings is 1. The van der Waals surface area contributed by atoms with Crippen molar-refractivity contribution in [2.24, 2.45) is 0 Å². The van der Waals surface area contributed by atoms with E-state index in [0.717, 1.165) is 16.9 Å². The second-order valence-electron chi connectivity index (χ2n) is 13.9. The van der Waals surface area contributed by atoms with E-state index in [0.29, 0.717) is 0 Å². The standard InChI is InChI=1S/C49H29N3/c1-2-12-34(13-3-1)51-43-20-9-7-17-40(43)47-35-24-21-30(27-32(35)23-26-45(47)51)31-22-25-44-41(28-31)37-15-6-8-19-42(37)52(44)49-48-39-16-5-4-14-36(39)38-18-10-11-33(29-50-49)46(38)48/h1-29H. The van der Waals surface area contributed by atoms with Crippen LogP contribution in [0, 0.1) is 0 Å². The number of rotatable bonds is 3. The van der Waals surface area contributed by atoms with Crippen molar-refractivity contribution in [1.29, 1.82) is 0 Å². The summed E-state index contributed by atoms with van der Waals surface area (Å²) in [6, 6.07) is 62.0. The molecule has 3 heteroatoms. The summed E-state index contributed by atoms with van der Waals surface area (Å²) in [5, 5.41) is 9.98. The smallest absolute Gasteiger partial charge is 0.146 e. The average Bonchev–Trinajstić information content (AvgIpc) is 3.85. The van der Waals surface area contributed by atoms with Gasteiger partial charge in [0.05, 0.1) is 22.1 Å². The van der Waals surface area contributed by atoms with Crippen molar-refractivity contribution in [2.45, 2.75) is 0 Å². The maximum absolute atomic E-state index is 5.20. The third kappa shape index (κ3) is 3.66. The predicted molar refractivity (Wildman–Crippen MR) is 218 cm³/mol. The molecule has 1 aliphatic rings. The van der Waals surface area contributed by atoms with Crippen LogP contribution in [-0.4, -0.2) is 14.1 Å². The van der Waals surface area contributed by atoms with E-state index in [-0.39, 0.29) is 0 Å². The molecule has 3 nitrogen and oxygen atoms in total. The lowest BCUT2D eigenvalue weighted by Gasteiger charge is -2.13. The Labute approximate surface area is 299 Å². The zero-order valence-electron chi connectivity index (χ0n) is 28.1. The SMILES string of the molecule is c1ccc(-n2c3ccccc3c3c4ccc(-c5ccc6c(c5)c5ccccc5n6-c5ncc6cccc7c6c5-c5ccccc5-7)cc4ccc32)cc1. The molecule has 1 aliphatic carbocycles. The highest BCUT2D eigenvalue weighted by Crippen LogP contribution is 2.50. The lowest BCUT2D eigenvalue weighted by atomic mass is 9.97. The summed E-state index contributed by atoms with van der Waals surface area (Å²) in [6.07, 6.45) is 2.04. The second kappa shape index (κ2) is 10.3. The lowest BCUT2D eigenvalue weighted by molar-refractivity contribution is 1.09. The van der Waals surface area contributed by atoms with Crippen LogP contribution in [0.3, 0.4) is 0 Å². The van der Waals surface area contributed by atoms with Gasteiger partial charge in [-0.2, -0.15) is 0 Å². The van der Waals surface area contributed by atoms with Gasteiger partial charge in [0.2, 0.25) is 0 Å². The molecule has 0 bridgehead atoms. The van der Waals surface area contributed by atoms with Crippen molar-refractivity contribution in [3.63, 3.8) is 0 Å². The van der Waals surface area contributed by atoms with Crippen molar-refractivity contribution in [3.8, 4) is 44.9 Å². The van der Waals surface area contributed by atoms with Crippen LogP contribution in [0.2, 0.25) is 0 Å². The van der Waals surface area contributed by atoms with Gasteiger partial charge in [0, 0.05) is 49.8 Å². The first-order chi connectivity index (χ1) is 25.8. The molecule has 0 saturated carbocycles. The van der Waals surface area contributed by atoms with E-state index >= 15 is 0 Å². The average molecular weight is 660 g/mol. The van der Waals surface area contributed by atoms with E-state index in [2.05, 4.69) is 179 Å². The number of hydrogen-bond acceptors (Lipinski definition) is 1. The van der Waals surface area contributed by atoms with Gasteiger partial charge in [-0.15, -0.1) is 0 Å². The van der Waals surface area contributed by atoms with Crippen molar-refractivity contribution in [2.75, 3.05) is 0 Å². The molecule has 0 unspecified atom stereocenters. The summed E-state index contributed by atoms with van der Waals surface area (Å²) in [5.41, 5.74) is 13.4. The lowest BCUT2D eigenvalue weighted by Crippen LogP contribution is -2.00. The first-order valence-corrected chi connectivity index (χ1v) is 17.9. The third-order valence-corrected chi connectivity index (χ3v) is 11.3. The molecule has 0 spiro atoms. The molecule has 0 aliphatic heterocycles. The van der Waals surface area contributed by atoms with Gasteiger partial charge in [0.1, 0.15) is 5.82 Å². The van der Waals surface area contributed by atoms with E-state index in [9.17, 15) is 0 Å². The highest BCUT2D eigenvalue weighted by Gasteiger charge is 2.27. The van der Waals surface area contributed by atoms with E-state index in [1.54, 1.807) is 0 Å². The molecule has 0 radical (unpaired) electrons. The van der Waals surface area contributed by atoms with Gasteiger partial charge in [-0.1, -0.05) is 121 Å². The molecular formula is C49H29N3. The molecule has 0 atom stereocenters. The number of para-hydroxylation sites is 3. The fraction of sp³-hybridized carbons (Fsp3) is 0. The van der Waals surface area contributed by atoms with Crippen molar-refractivity contribution in [3.05, 3.63) is 176 Å². The van der Waals surface area contributed by atoms with Crippen LogP contribution in [0.15, 0.2) is 176 Å². The van der Waals surface area contributed by atoms with Crippen LogP contribution in [0.1, 0.15) is 0 Å². The molecule has 0 N–H and O–H groups in total. The molecule has 0 amide bonds. The maximum Gasteiger partial charge on any atom is 0.146 e. The topological polar surface area (TPSA) is 22.8 Å². The zero-order valence-corrected chi connectivity index (χ0v) is 28.1. The Morgan fingerprint density at radius 1 is 0.365 bits per heavy atom. The van der Waals surface area contributed by atoms with Crippen molar-refractivity contribution in [1.82, 2.24) is 14.1 Å². The fourth-order valence-electron chi connectivity index (χ4n) is 9.06. The number of aromatic nitrogens is 3. The van der Waals surface area contributed by atoms with Crippen LogP contribution in [0.5, 0.6) is 0 Å². The van der Waals surface area contributed by atoms with E-state index in [4.69, 9.17) is 4.98 Å². The predicted octanol–water partition coefficient (Wildman–Crippen LogP) is 12.9. The highest BCUT2D eigenvalue weighted by atomic mass is 15.1. The molecule has 240 valence electrons. The van der Waals surface area contributed by atoms with Gasteiger partial charge in [-0.3, -0.25) is 4.57 Å². The molecule has 0 saturated heterocycles. The van der Waals surface area contributed by atoms with Crippen molar-refractivity contribution >= 4 is 65.2 Å². The molecule has 12 rings (SSSR count). The minimum absolute atomic E-state index is 0.980. The van der Waals surface area contributed by atoms with Crippen LogP contribution in [0.25, 0.3) is 110 Å². The van der Waals surface area contributed by atoms with Gasteiger partial charge in [-0.25, -0.2) is 4.98 Å². The summed E-state index contributed by atoms with van der Waals surface area (Å²) in [5.74, 6) is 0.980. The van der Waals surface area contributed by atoms with Gasteiger partial charge in [-0.05, 0) is 87.1 Å². The maximum atomic E-state index is 5.20. The Morgan fingerprint density at radius 2 is 1.04 bits per heavy atom. The highest BCUT2D eigenvalue weighted by molar-refractivity contribution is 6.22. The Hall–Kier alpha value is -6.97. The van der Waals surface area contributed by atoms with Gasteiger partial charge in [0.25, 0.3) is 0 Å². The zero-order chi connectivity index (χ0) is 33.9. The Morgan fingerprint density at radius 3 is 1.92 bits per heavy atom. The molecule has 8 aromatic carbocycles. The quantitative estimate of drug-likeness (QED) is 0.185. The summed E-state index contributed by atoms with van der Waals surface area (Å²) in [4.78, 5) is 5.20. The van der Waals surface area contributed by atoms with E-state index in [1.165, 1.54) is 93.2 Å². The van der Waals surface area contributed by atoms with Gasteiger partial charge >= 0.3 is 0 Å². The number of benzene rings is 8. The van der Waals surface area contributed by atoms with E-state index < -0.39 is 0 Å². The monoisotopic (exact) mass is 659 g/mol. The van der Waals surface area contributed by atoms with Gasteiger partial charge < -0.3 is 4.57 Å². The fourth-order valence-corrected chi connectivity index (χ4v) is 9.06. The normalized spacial score (nSPS) is 12.2. The number of nitrogens with zero attached hydrogens (tertiary/aromatic N) is 3. The van der Waals surface area contributed by atoms with Crippen LogP contribution in [-0.2, 0) is 0 Å². The van der Waals surface area contributed by atoms with Crippen LogP contribution < -0.4 is 0 Å². The number of fused-ring (bicyclic) bond motifs is 11. The molecule has 3 aromatic heterocycles. The summed E-state index contributed by atoms with van der Waals surface area (Å²) < 4.78 is 4.76. The van der Waals surface area contributed by atoms with Crippen LogP contribution in [0.4, 0.5) is 0 Å². The van der Waals surface area contributed by atoms with Gasteiger partial charge in [0.15, 0.2) is 0 Å². The Balaban J connectivity index is 1.06. The van der Waals surface area contributed by atoms with E-state index in [1.807, 2.05) is 6.20 Å². The summed E-state index contributed by atoms with van der Waals surface area (Å²) >= 11 is 0. The van der Waals surface area contributed by atoms with Crippen LogP contribution >= 0.6 is 0 Å². The second-order valence-corrected chi connectivity index (χ2v) is 13.9. The third-order valence-electron chi connectivity index (χ3n) is 11.3. The Kier molecular flexibility index (Phi) is 5.50. The summed E-state index contributed by atoms with van der Waals surface area (Å²) in [6.45, 7) is 0. The molecule has 52 heavy (non-hydrogen) atoms.